The van der Waals surface area contributed by atoms with Crippen LogP contribution in [0, 0.1) is 5.92 Å². The summed E-state index contributed by atoms with van der Waals surface area (Å²) in [5.41, 5.74) is 3.11. The number of rotatable bonds is 8. The molecule has 1 N–H and O–H groups in total. The molecule has 5 rings (SSSR count). The van der Waals surface area contributed by atoms with Crippen LogP contribution in [0.5, 0.6) is 17.4 Å². The number of carbonyl (C=O) groups is 1. The predicted molar refractivity (Wildman–Crippen MR) is 124 cm³/mol. The van der Waals surface area contributed by atoms with Crippen LogP contribution in [0.1, 0.15) is 38.3 Å². The number of ether oxygens (including phenoxy) is 2. The second kappa shape index (κ2) is 8.94. The van der Waals surface area contributed by atoms with Crippen molar-refractivity contribution in [3.63, 3.8) is 0 Å². The Hall–Kier alpha value is -3.87. The molecule has 1 aliphatic carbocycles. The first-order valence-electron chi connectivity index (χ1n) is 11.1. The number of benzene rings is 2. The molecule has 1 amide bonds. The molecule has 7 heteroatoms. The van der Waals surface area contributed by atoms with Crippen molar-refractivity contribution in [3.8, 4) is 28.8 Å². The highest BCUT2D eigenvalue weighted by atomic mass is 16.5. The molecular formula is C26H25N3O4. The van der Waals surface area contributed by atoms with E-state index >= 15 is 0 Å². The highest BCUT2D eigenvalue weighted by Crippen LogP contribution is 2.31. The molecule has 1 atom stereocenters. The lowest BCUT2D eigenvalue weighted by Crippen LogP contribution is -2.23. The van der Waals surface area contributed by atoms with E-state index in [9.17, 15) is 4.79 Å². The molecule has 0 aliphatic heterocycles. The van der Waals surface area contributed by atoms with Gasteiger partial charge in [-0.2, -0.15) is 0 Å². The zero-order valence-electron chi connectivity index (χ0n) is 18.6. The van der Waals surface area contributed by atoms with Crippen molar-refractivity contribution in [2.24, 2.45) is 5.92 Å². The van der Waals surface area contributed by atoms with E-state index in [1.54, 1.807) is 12.3 Å². The summed E-state index contributed by atoms with van der Waals surface area (Å²) in [6.07, 6.45) is 4.18. The van der Waals surface area contributed by atoms with Crippen molar-refractivity contribution >= 4 is 17.0 Å². The fourth-order valence-corrected chi connectivity index (χ4v) is 3.54. The summed E-state index contributed by atoms with van der Waals surface area (Å²) in [5.74, 6) is 3.04. The zero-order chi connectivity index (χ0) is 22.8. The number of nitrogens with zero attached hydrogens (tertiary/aromatic N) is 2. The molecule has 33 heavy (non-hydrogen) atoms. The number of nitrogens with one attached hydrogen (secondary N) is 1. The molecule has 1 fully saturated rings. The van der Waals surface area contributed by atoms with Crippen LogP contribution in [-0.4, -0.2) is 22.5 Å². The summed E-state index contributed by atoms with van der Waals surface area (Å²) < 4.78 is 17.6. The molecule has 1 saturated carbocycles. The van der Waals surface area contributed by atoms with Crippen LogP contribution in [0.3, 0.4) is 0 Å². The van der Waals surface area contributed by atoms with Crippen LogP contribution >= 0.6 is 0 Å². The second-order valence-electron chi connectivity index (χ2n) is 8.38. The van der Waals surface area contributed by atoms with E-state index in [4.69, 9.17) is 13.9 Å². The molecule has 0 bridgehead atoms. The second-order valence-corrected chi connectivity index (χ2v) is 8.38. The minimum Gasteiger partial charge on any atom is -0.493 e. The minimum absolute atomic E-state index is 0.0747. The van der Waals surface area contributed by atoms with E-state index < -0.39 is 0 Å². The lowest BCUT2D eigenvalue weighted by molar-refractivity contribution is -0.119. The molecule has 2 aromatic carbocycles. The molecule has 0 saturated heterocycles. The maximum atomic E-state index is 11.3. The molecule has 2 heterocycles. The van der Waals surface area contributed by atoms with Crippen molar-refractivity contribution in [2.75, 3.05) is 6.61 Å². The first-order chi connectivity index (χ1) is 16.0. The van der Waals surface area contributed by atoms with E-state index in [-0.39, 0.29) is 11.9 Å². The first-order valence-corrected chi connectivity index (χ1v) is 11.1. The summed E-state index contributed by atoms with van der Waals surface area (Å²) in [6, 6.07) is 16.8. The van der Waals surface area contributed by atoms with Crippen LogP contribution in [0.25, 0.3) is 22.6 Å². The summed E-state index contributed by atoms with van der Waals surface area (Å²) in [5, 5.41) is 2.88. The molecule has 1 unspecified atom stereocenters. The van der Waals surface area contributed by atoms with E-state index in [0.29, 0.717) is 29.0 Å². The Morgan fingerprint density at radius 2 is 2.00 bits per heavy atom. The smallest absolute Gasteiger partial charge is 0.228 e. The molecule has 2 aromatic heterocycles. The SMILES string of the molecule is CC(=O)NC(C)c1ccc2oc(-c3ccc(Oc4cccc(OCC5CC5)c4)nc3)nc2c1. The largest absolute Gasteiger partial charge is 0.493 e. The van der Waals surface area contributed by atoms with Gasteiger partial charge in [0.05, 0.1) is 18.2 Å². The lowest BCUT2D eigenvalue weighted by Gasteiger charge is -2.12. The molecule has 168 valence electrons. The highest BCUT2D eigenvalue weighted by Gasteiger charge is 2.22. The zero-order valence-corrected chi connectivity index (χ0v) is 18.6. The Bertz CT molecular complexity index is 1280. The van der Waals surface area contributed by atoms with Gasteiger partial charge in [-0.3, -0.25) is 4.79 Å². The van der Waals surface area contributed by atoms with Gasteiger partial charge in [0, 0.05) is 25.3 Å². The van der Waals surface area contributed by atoms with Crippen molar-refractivity contribution in [2.45, 2.75) is 32.7 Å². The third-order valence-electron chi connectivity index (χ3n) is 5.53. The number of hydrogen-bond acceptors (Lipinski definition) is 6. The van der Waals surface area contributed by atoms with Gasteiger partial charge in [0.15, 0.2) is 5.58 Å². The fraction of sp³-hybridized carbons (Fsp3) is 0.269. The van der Waals surface area contributed by atoms with Gasteiger partial charge in [0.1, 0.15) is 17.0 Å². The number of carbonyl (C=O) groups excluding carboxylic acids is 1. The van der Waals surface area contributed by atoms with Crippen LogP contribution in [0.15, 0.2) is 65.2 Å². The van der Waals surface area contributed by atoms with E-state index in [0.717, 1.165) is 29.0 Å². The van der Waals surface area contributed by atoms with Crippen LogP contribution in [0.2, 0.25) is 0 Å². The number of amides is 1. The third kappa shape index (κ3) is 5.14. The normalized spacial score (nSPS) is 14.1. The topological polar surface area (TPSA) is 86.5 Å². The third-order valence-corrected chi connectivity index (χ3v) is 5.53. The number of aromatic nitrogens is 2. The van der Waals surface area contributed by atoms with Crippen molar-refractivity contribution in [1.82, 2.24) is 15.3 Å². The maximum Gasteiger partial charge on any atom is 0.228 e. The van der Waals surface area contributed by atoms with E-state index in [1.807, 2.05) is 55.5 Å². The van der Waals surface area contributed by atoms with E-state index in [2.05, 4.69) is 15.3 Å². The Balaban J connectivity index is 1.29. The monoisotopic (exact) mass is 443 g/mol. The summed E-state index contributed by atoms with van der Waals surface area (Å²) in [7, 11) is 0. The van der Waals surface area contributed by atoms with Gasteiger partial charge in [0.25, 0.3) is 0 Å². The summed E-state index contributed by atoms with van der Waals surface area (Å²) in [6.45, 7) is 4.19. The Morgan fingerprint density at radius 3 is 2.76 bits per heavy atom. The van der Waals surface area contributed by atoms with Gasteiger partial charge in [-0.05, 0) is 61.6 Å². The van der Waals surface area contributed by atoms with Gasteiger partial charge in [-0.15, -0.1) is 0 Å². The van der Waals surface area contributed by atoms with E-state index in [1.165, 1.54) is 19.8 Å². The van der Waals surface area contributed by atoms with Crippen LogP contribution in [-0.2, 0) is 4.79 Å². The quantitative estimate of drug-likeness (QED) is 0.378. The molecule has 0 radical (unpaired) electrons. The van der Waals surface area contributed by atoms with Crippen molar-refractivity contribution in [3.05, 3.63) is 66.4 Å². The fourth-order valence-electron chi connectivity index (χ4n) is 3.54. The standard InChI is InChI=1S/C26H25N3O4/c1-16(28-17(2)30)19-8-10-24-23(12-19)29-26(33-24)20-9-11-25(27-14-20)32-22-5-3-4-21(13-22)31-15-18-6-7-18/h3-5,8-14,16,18H,6-7,15H2,1-2H3,(H,28,30). The summed E-state index contributed by atoms with van der Waals surface area (Å²) >= 11 is 0. The predicted octanol–water partition coefficient (Wildman–Crippen LogP) is 5.67. The Morgan fingerprint density at radius 1 is 1.15 bits per heavy atom. The maximum absolute atomic E-state index is 11.3. The number of oxazole rings is 1. The number of fused-ring (bicyclic) bond motifs is 1. The number of pyridine rings is 1. The van der Waals surface area contributed by atoms with Crippen LogP contribution in [0.4, 0.5) is 0 Å². The Kier molecular flexibility index (Phi) is 5.69. The van der Waals surface area contributed by atoms with Crippen molar-refractivity contribution < 1.29 is 18.7 Å². The van der Waals surface area contributed by atoms with Gasteiger partial charge in [0.2, 0.25) is 17.7 Å². The average molecular weight is 444 g/mol. The Labute approximate surface area is 191 Å². The molecule has 4 aromatic rings. The van der Waals surface area contributed by atoms with Gasteiger partial charge >= 0.3 is 0 Å². The molecular weight excluding hydrogens is 418 g/mol. The van der Waals surface area contributed by atoms with Gasteiger partial charge in [-0.1, -0.05) is 12.1 Å². The average Bonchev–Trinajstić information content (AvgIpc) is 3.54. The van der Waals surface area contributed by atoms with Gasteiger partial charge < -0.3 is 19.2 Å². The van der Waals surface area contributed by atoms with Gasteiger partial charge in [-0.25, -0.2) is 9.97 Å². The molecule has 7 nitrogen and oxygen atoms in total. The van der Waals surface area contributed by atoms with Crippen LogP contribution < -0.4 is 14.8 Å². The molecule has 0 spiro atoms. The molecule has 1 aliphatic rings. The summed E-state index contributed by atoms with van der Waals surface area (Å²) in [4.78, 5) is 20.3. The first kappa shape index (κ1) is 21.0. The minimum atomic E-state index is -0.109. The highest BCUT2D eigenvalue weighted by molar-refractivity contribution is 5.78. The number of hydrogen-bond donors (Lipinski definition) is 1. The lowest BCUT2D eigenvalue weighted by atomic mass is 10.1. The van der Waals surface area contributed by atoms with Crippen molar-refractivity contribution in [1.29, 1.82) is 0 Å².